The highest BCUT2D eigenvalue weighted by atomic mass is 19.1. The number of nitrogens with zero attached hydrogens (tertiary/aromatic N) is 2. The molecule has 0 aliphatic heterocycles. The third-order valence-corrected chi connectivity index (χ3v) is 4.30. The molecule has 1 amide bonds. The van der Waals surface area contributed by atoms with Crippen LogP contribution in [0.2, 0.25) is 0 Å². The lowest BCUT2D eigenvalue weighted by Crippen LogP contribution is -2.36. The minimum Gasteiger partial charge on any atom is -0.493 e. The molecule has 0 fully saturated rings. The van der Waals surface area contributed by atoms with Crippen LogP contribution in [-0.2, 0) is 11.3 Å². The fourth-order valence-electron chi connectivity index (χ4n) is 2.71. The van der Waals surface area contributed by atoms with Crippen molar-refractivity contribution < 1.29 is 18.7 Å². The van der Waals surface area contributed by atoms with E-state index in [1.165, 1.54) is 18.5 Å². The fourth-order valence-corrected chi connectivity index (χ4v) is 2.71. The second kappa shape index (κ2) is 9.14. The summed E-state index contributed by atoms with van der Waals surface area (Å²) in [5.74, 6) is 0.481. The van der Waals surface area contributed by atoms with Gasteiger partial charge in [0.05, 0.1) is 25.0 Å². The molecule has 0 bridgehead atoms. The maximum absolute atomic E-state index is 13.1. The van der Waals surface area contributed by atoms with Crippen LogP contribution in [0.25, 0.3) is 11.3 Å². The summed E-state index contributed by atoms with van der Waals surface area (Å²) in [6.07, 6.45) is 0.696. The number of aromatic nitrogens is 2. The number of amides is 1. The zero-order valence-corrected chi connectivity index (χ0v) is 16.5. The minimum atomic E-state index is -0.718. The van der Waals surface area contributed by atoms with Gasteiger partial charge >= 0.3 is 0 Å². The average molecular weight is 395 g/mol. The van der Waals surface area contributed by atoms with Gasteiger partial charge < -0.3 is 14.8 Å². The Kier molecular flexibility index (Phi) is 6.39. The predicted octanol–water partition coefficient (Wildman–Crippen LogP) is 3.68. The molecule has 150 valence electrons. The first-order chi connectivity index (χ1) is 14.0. The Bertz CT molecular complexity index is 993. The van der Waals surface area contributed by atoms with Gasteiger partial charge in [-0.15, -0.1) is 0 Å². The number of nitrogens with one attached hydrogen (secondary N) is 1. The number of ether oxygens (including phenoxy) is 2. The van der Waals surface area contributed by atoms with Crippen molar-refractivity contribution in [3.8, 4) is 22.8 Å². The van der Waals surface area contributed by atoms with Crippen LogP contribution in [0.1, 0.15) is 18.2 Å². The Balaban J connectivity index is 1.62. The normalized spacial score (nSPS) is 11.6. The molecule has 1 heterocycles. The van der Waals surface area contributed by atoms with Gasteiger partial charge in [-0.1, -0.05) is 6.07 Å². The van der Waals surface area contributed by atoms with Gasteiger partial charge in [-0.25, -0.2) is 14.4 Å². The molecular weight excluding hydrogens is 373 g/mol. The van der Waals surface area contributed by atoms with E-state index in [9.17, 15) is 9.18 Å². The highest BCUT2D eigenvalue weighted by Crippen LogP contribution is 2.28. The van der Waals surface area contributed by atoms with Gasteiger partial charge in [0.1, 0.15) is 12.1 Å². The lowest BCUT2D eigenvalue weighted by molar-refractivity contribution is -0.127. The van der Waals surface area contributed by atoms with Crippen LogP contribution in [-0.4, -0.2) is 29.1 Å². The smallest absolute Gasteiger partial charge is 0.261 e. The molecular formula is C22H22FN3O3. The molecule has 0 aliphatic rings. The molecule has 1 aromatic heterocycles. The standard InChI is InChI=1S/C22H22FN3O3/c1-14-4-9-20(21(10-14)28-3)29-15(2)22(27)24-12-18-11-19(26-13-25-18)16-5-7-17(23)8-6-16/h4-11,13,15H,12H2,1-3H3,(H,24,27). The van der Waals surface area contributed by atoms with Crippen LogP contribution >= 0.6 is 0 Å². The molecule has 0 saturated heterocycles. The van der Waals surface area contributed by atoms with Crippen LogP contribution in [0.5, 0.6) is 11.5 Å². The summed E-state index contributed by atoms with van der Waals surface area (Å²) in [7, 11) is 1.56. The number of carbonyl (C=O) groups is 1. The van der Waals surface area contributed by atoms with Crippen LogP contribution in [0.15, 0.2) is 54.9 Å². The summed E-state index contributed by atoms with van der Waals surface area (Å²) in [5, 5.41) is 2.80. The molecule has 0 spiro atoms. The topological polar surface area (TPSA) is 73.3 Å². The molecule has 1 atom stereocenters. The third-order valence-electron chi connectivity index (χ3n) is 4.30. The Morgan fingerprint density at radius 3 is 2.59 bits per heavy atom. The minimum absolute atomic E-state index is 0.217. The number of rotatable bonds is 7. The number of hydrogen-bond donors (Lipinski definition) is 1. The van der Waals surface area contributed by atoms with E-state index in [0.29, 0.717) is 22.9 Å². The molecule has 6 nitrogen and oxygen atoms in total. The molecule has 2 aromatic carbocycles. The molecule has 1 N–H and O–H groups in total. The van der Waals surface area contributed by atoms with E-state index < -0.39 is 6.10 Å². The first-order valence-electron chi connectivity index (χ1n) is 9.12. The molecule has 3 aromatic rings. The summed E-state index contributed by atoms with van der Waals surface area (Å²) in [4.78, 5) is 20.8. The van der Waals surface area contributed by atoms with Gasteiger partial charge in [0, 0.05) is 5.56 Å². The van der Waals surface area contributed by atoms with Crippen molar-refractivity contribution in [2.24, 2.45) is 0 Å². The van der Waals surface area contributed by atoms with Crippen molar-refractivity contribution in [1.82, 2.24) is 15.3 Å². The maximum atomic E-state index is 13.1. The molecule has 7 heteroatoms. The van der Waals surface area contributed by atoms with E-state index in [1.54, 1.807) is 38.3 Å². The molecule has 0 saturated carbocycles. The van der Waals surface area contributed by atoms with Crippen molar-refractivity contribution >= 4 is 5.91 Å². The predicted molar refractivity (Wildman–Crippen MR) is 107 cm³/mol. The van der Waals surface area contributed by atoms with Gasteiger partial charge in [-0.3, -0.25) is 4.79 Å². The van der Waals surface area contributed by atoms with Gasteiger partial charge in [0.2, 0.25) is 0 Å². The summed E-state index contributed by atoms with van der Waals surface area (Å²) >= 11 is 0. The van der Waals surface area contributed by atoms with E-state index >= 15 is 0 Å². The summed E-state index contributed by atoms with van der Waals surface area (Å²) < 4.78 is 24.1. The second-order valence-electron chi connectivity index (χ2n) is 6.53. The van der Waals surface area contributed by atoms with E-state index in [4.69, 9.17) is 9.47 Å². The van der Waals surface area contributed by atoms with Crippen molar-refractivity contribution in [2.75, 3.05) is 7.11 Å². The first kappa shape index (κ1) is 20.3. The Hall–Kier alpha value is -3.48. The van der Waals surface area contributed by atoms with Crippen molar-refractivity contribution in [2.45, 2.75) is 26.5 Å². The third kappa shape index (κ3) is 5.28. The van der Waals surface area contributed by atoms with Gasteiger partial charge in [0.15, 0.2) is 17.6 Å². The molecule has 29 heavy (non-hydrogen) atoms. The first-order valence-corrected chi connectivity index (χ1v) is 9.12. The summed E-state index contributed by atoms with van der Waals surface area (Å²) in [5.41, 5.74) is 3.09. The van der Waals surface area contributed by atoms with Gasteiger partial charge in [-0.05, 0) is 61.9 Å². The maximum Gasteiger partial charge on any atom is 0.261 e. The summed E-state index contributed by atoms with van der Waals surface area (Å²) in [6.45, 7) is 3.83. The van der Waals surface area contributed by atoms with E-state index in [-0.39, 0.29) is 18.3 Å². The van der Waals surface area contributed by atoms with Gasteiger partial charge in [-0.2, -0.15) is 0 Å². The highest BCUT2D eigenvalue weighted by Gasteiger charge is 2.17. The summed E-state index contributed by atoms with van der Waals surface area (Å²) in [6, 6.07) is 13.3. The number of carbonyl (C=O) groups excluding carboxylic acids is 1. The fraction of sp³-hybridized carbons (Fsp3) is 0.227. The largest absolute Gasteiger partial charge is 0.493 e. The molecule has 0 aliphatic carbocycles. The van der Waals surface area contributed by atoms with Crippen molar-refractivity contribution in [3.05, 3.63) is 71.9 Å². The van der Waals surface area contributed by atoms with Crippen LogP contribution in [0.4, 0.5) is 4.39 Å². The molecule has 3 rings (SSSR count). The SMILES string of the molecule is COc1cc(C)ccc1OC(C)C(=O)NCc1cc(-c2ccc(F)cc2)ncn1. The van der Waals surface area contributed by atoms with Crippen molar-refractivity contribution in [1.29, 1.82) is 0 Å². The Morgan fingerprint density at radius 2 is 1.86 bits per heavy atom. The molecule has 1 unspecified atom stereocenters. The zero-order valence-electron chi connectivity index (χ0n) is 16.5. The number of halogens is 1. The lowest BCUT2D eigenvalue weighted by Gasteiger charge is -2.17. The van der Waals surface area contributed by atoms with Gasteiger partial charge in [0.25, 0.3) is 5.91 Å². The highest BCUT2D eigenvalue weighted by molar-refractivity contribution is 5.80. The average Bonchev–Trinajstić information content (AvgIpc) is 2.73. The zero-order chi connectivity index (χ0) is 20.8. The number of methoxy groups -OCH3 is 1. The number of hydrogen-bond acceptors (Lipinski definition) is 5. The van der Waals surface area contributed by atoms with Crippen LogP contribution in [0, 0.1) is 12.7 Å². The van der Waals surface area contributed by atoms with Crippen LogP contribution in [0.3, 0.4) is 0 Å². The monoisotopic (exact) mass is 395 g/mol. The Labute approximate surface area is 168 Å². The second-order valence-corrected chi connectivity index (χ2v) is 6.53. The van der Waals surface area contributed by atoms with Crippen molar-refractivity contribution in [3.63, 3.8) is 0 Å². The van der Waals surface area contributed by atoms with E-state index in [1.807, 2.05) is 19.1 Å². The number of benzene rings is 2. The lowest BCUT2D eigenvalue weighted by atomic mass is 10.1. The van der Waals surface area contributed by atoms with Crippen LogP contribution < -0.4 is 14.8 Å². The Morgan fingerprint density at radius 1 is 1.10 bits per heavy atom. The quantitative estimate of drug-likeness (QED) is 0.661. The number of aryl methyl sites for hydroxylation is 1. The van der Waals surface area contributed by atoms with E-state index in [2.05, 4.69) is 15.3 Å². The van der Waals surface area contributed by atoms with E-state index in [0.717, 1.165) is 11.1 Å². The molecule has 0 radical (unpaired) electrons.